The Hall–Kier alpha value is -1.39. The fraction of sp³-hybridized carbons (Fsp3) is 0.333. The molecule has 3 atom stereocenters. The Balaban J connectivity index is 0.00000242. The van der Waals surface area contributed by atoms with Gasteiger partial charge < -0.3 is 27.9 Å². The highest BCUT2D eigenvalue weighted by Gasteiger charge is 2.19. The van der Waals surface area contributed by atoms with Gasteiger partial charge in [0.05, 0.1) is 12.6 Å². The van der Waals surface area contributed by atoms with E-state index in [2.05, 4.69) is 5.32 Å². The van der Waals surface area contributed by atoms with E-state index >= 15 is 0 Å². The van der Waals surface area contributed by atoms with Crippen molar-refractivity contribution in [2.24, 2.45) is 0 Å². The van der Waals surface area contributed by atoms with Crippen molar-refractivity contribution in [2.75, 3.05) is 6.54 Å². The number of benzene rings is 2. The molecule has 3 unspecified atom stereocenters. The average Bonchev–Trinajstić information content (AvgIpc) is 2.55. The van der Waals surface area contributed by atoms with Gasteiger partial charge in [0.1, 0.15) is 12.1 Å². The first-order chi connectivity index (χ1) is 10.2. The number of aliphatic hydroxyl groups is 2. The Morgan fingerprint density at radius 3 is 1.91 bits per heavy atom. The quantitative estimate of drug-likeness (QED) is 0.600. The zero-order valence-corrected chi connectivity index (χ0v) is 13.5. The lowest BCUT2D eigenvalue weighted by Gasteiger charge is -2.18. The third kappa shape index (κ3) is 5.43. The first kappa shape index (κ1) is 18.7. The van der Waals surface area contributed by atoms with Crippen LogP contribution >= 0.6 is 0 Å². The van der Waals surface area contributed by atoms with Crippen molar-refractivity contribution in [3.05, 3.63) is 71.8 Å². The van der Waals surface area contributed by atoms with Crippen molar-refractivity contribution in [1.82, 2.24) is 0 Å². The second-order valence-corrected chi connectivity index (χ2v) is 5.45. The normalized spacial score (nSPS) is 14.7. The predicted molar refractivity (Wildman–Crippen MR) is 83.7 cm³/mol. The Labute approximate surface area is 138 Å². The highest BCUT2D eigenvalue weighted by Crippen LogP contribution is 2.15. The zero-order valence-electron chi connectivity index (χ0n) is 12.8. The maximum Gasteiger partial charge on any atom is 0.130 e. The molecule has 0 amide bonds. The van der Waals surface area contributed by atoms with Crippen molar-refractivity contribution in [3.63, 3.8) is 0 Å². The minimum atomic E-state index is -0.486. The highest BCUT2D eigenvalue weighted by atomic mass is 35.5. The lowest BCUT2D eigenvalue weighted by Crippen LogP contribution is -3.00. The minimum Gasteiger partial charge on any atom is -1.00 e. The predicted octanol–water partition coefficient (Wildman–Crippen LogP) is -1.20. The van der Waals surface area contributed by atoms with Crippen LogP contribution in [0.2, 0.25) is 0 Å². The van der Waals surface area contributed by atoms with Crippen LogP contribution < -0.4 is 17.7 Å². The smallest absolute Gasteiger partial charge is 0.130 e. The molecular weight excluding hydrogens is 298 g/mol. The lowest BCUT2D eigenvalue weighted by atomic mass is 10.0. The van der Waals surface area contributed by atoms with E-state index in [0.29, 0.717) is 6.42 Å². The van der Waals surface area contributed by atoms with Gasteiger partial charge in [-0.3, -0.25) is 0 Å². The van der Waals surface area contributed by atoms with Crippen LogP contribution in [-0.4, -0.2) is 22.8 Å². The summed E-state index contributed by atoms with van der Waals surface area (Å²) in [6.07, 6.45) is -0.251. The number of hydrogen-bond acceptors (Lipinski definition) is 2. The molecule has 2 aromatic carbocycles. The Morgan fingerprint density at radius 2 is 1.36 bits per heavy atom. The molecule has 0 aliphatic heterocycles. The van der Waals surface area contributed by atoms with Gasteiger partial charge in [-0.2, -0.15) is 0 Å². The third-order valence-corrected chi connectivity index (χ3v) is 3.80. The summed E-state index contributed by atoms with van der Waals surface area (Å²) in [5, 5.41) is 22.5. The molecule has 0 spiro atoms. The van der Waals surface area contributed by atoms with Crippen molar-refractivity contribution in [2.45, 2.75) is 31.6 Å². The molecule has 0 saturated carbocycles. The molecule has 4 heteroatoms. The number of rotatable bonds is 7. The van der Waals surface area contributed by atoms with Crippen molar-refractivity contribution in [3.8, 4) is 0 Å². The fourth-order valence-electron chi connectivity index (χ4n) is 2.44. The molecule has 3 nitrogen and oxygen atoms in total. The topological polar surface area (TPSA) is 57.1 Å². The van der Waals surface area contributed by atoms with Crippen molar-refractivity contribution < 1.29 is 27.9 Å². The van der Waals surface area contributed by atoms with Crippen LogP contribution in [0.4, 0.5) is 0 Å². The zero-order chi connectivity index (χ0) is 15.1. The van der Waals surface area contributed by atoms with Gasteiger partial charge in [0.25, 0.3) is 0 Å². The van der Waals surface area contributed by atoms with E-state index in [1.54, 1.807) is 0 Å². The van der Waals surface area contributed by atoms with Gasteiger partial charge in [-0.15, -0.1) is 0 Å². The molecule has 0 fully saturated rings. The van der Waals surface area contributed by atoms with Gasteiger partial charge in [-0.25, -0.2) is 0 Å². The van der Waals surface area contributed by atoms with E-state index in [-0.39, 0.29) is 18.4 Å². The number of hydrogen-bond donors (Lipinski definition) is 3. The number of aliphatic hydroxyl groups excluding tert-OH is 2. The summed E-state index contributed by atoms with van der Waals surface area (Å²) in [6, 6.07) is 19.4. The number of nitrogens with two attached hydrogens (primary N) is 1. The molecule has 120 valence electrons. The van der Waals surface area contributed by atoms with Gasteiger partial charge in [0.2, 0.25) is 0 Å². The second kappa shape index (κ2) is 9.59. The molecule has 22 heavy (non-hydrogen) atoms. The minimum absolute atomic E-state index is 0. The summed E-state index contributed by atoms with van der Waals surface area (Å²) >= 11 is 0. The van der Waals surface area contributed by atoms with Crippen LogP contribution in [0.3, 0.4) is 0 Å². The summed E-state index contributed by atoms with van der Waals surface area (Å²) in [5.41, 5.74) is 1.88. The van der Waals surface area contributed by atoms with Crippen LogP contribution in [0.5, 0.6) is 0 Å². The van der Waals surface area contributed by atoms with Crippen LogP contribution in [0.1, 0.15) is 36.7 Å². The summed E-state index contributed by atoms with van der Waals surface area (Å²) in [6.45, 7) is 2.79. The molecule has 0 aliphatic carbocycles. The summed E-state index contributed by atoms with van der Waals surface area (Å²) < 4.78 is 0. The Morgan fingerprint density at radius 1 is 0.864 bits per heavy atom. The standard InChI is InChI=1S/C18H23NO2.ClH/c1-14(18(21)16-10-6-3-7-11-16)19-13-12-17(20)15-8-4-2-5-9-15;/h2-11,14,17-21H,12-13H2,1H3;1H. The summed E-state index contributed by atoms with van der Waals surface area (Å²) in [7, 11) is 0. The largest absolute Gasteiger partial charge is 1.00 e. The van der Waals surface area contributed by atoms with Gasteiger partial charge >= 0.3 is 0 Å². The molecule has 0 bridgehead atoms. The first-order valence-electron chi connectivity index (χ1n) is 7.48. The van der Waals surface area contributed by atoms with Crippen molar-refractivity contribution in [1.29, 1.82) is 0 Å². The number of halogens is 1. The van der Waals surface area contributed by atoms with E-state index < -0.39 is 12.2 Å². The van der Waals surface area contributed by atoms with Crippen LogP contribution in [-0.2, 0) is 0 Å². The van der Waals surface area contributed by atoms with Crippen LogP contribution in [0, 0.1) is 0 Å². The third-order valence-electron chi connectivity index (χ3n) is 3.80. The highest BCUT2D eigenvalue weighted by molar-refractivity contribution is 5.18. The lowest BCUT2D eigenvalue weighted by molar-refractivity contribution is -0.695. The molecule has 4 N–H and O–H groups in total. The average molecular weight is 322 g/mol. The molecule has 0 aliphatic rings. The molecule has 0 heterocycles. The molecule has 0 aromatic heterocycles. The molecule has 2 rings (SSSR count). The molecular formula is C18H24ClNO2. The van der Waals surface area contributed by atoms with Crippen LogP contribution in [0.25, 0.3) is 0 Å². The van der Waals surface area contributed by atoms with Gasteiger partial charge in [-0.05, 0) is 18.1 Å². The van der Waals surface area contributed by atoms with Gasteiger partial charge in [0.15, 0.2) is 0 Å². The molecule has 0 radical (unpaired) electrons. The van der Waals surface area contributed by atoms with Gasteiger partial charge in [0, 0.05) is 6.42 Å². The number of quaternary nitrogens is 1. The second-order valence-electron chi connectivity index (χ2n) is 5.45. The fourth-order valence-corrected chi connectivity index (χ4v) is 2.44. The SMILES string of the molecule is CC([NH2+]CCC(O)c1ccccc1)C(O)c1ccccc1.[Cl-]. The maximum absolute atomic E-state index is 10.3. The van der Waals surface area contributed by atoms with E-state index in [1.165, 1.54) is 0 Å². The summed E-state index contributed by atoms with van der Waals surface area (Å²) in [4.78, 5) is 0. The van der Waals surface area contributed by atoms with E-state index in [4.69, 9.17) is 0 Å². The molecule has 0 saturated heterocycles. The Kier molecular flexibility index (Phi) is 8.13. The van der Waals surface area contributed by atoms with Gasteiger partial charge in [-0.1, -0.05) is 60.7 Å². The summed E-state index contributed by atoms with van der Waals surface area (Å²) in [5.74, 6) is 0. The Bertz CT molecular complexity index is 521. The van der Waals surface area contributed by atoms with Crippen molar-refractivity contribution >= 4 is 0 Å². The van der Waals surface area contributed by atoms with E-state index in [9.17, 15) is 10.2 Å². The molecule has 2 aromatic rings. The maximum atomic E-state index is 10.3. The van der Waals surface area contributed by atoms with E-state index in [0.717, 1.165) is 17.7 Å². The van der Waals surface area contributed by atoms with E-state index in [1.807, 2.05) is 67.6 Å². The monoisotopic (exact) mass is 321 g/mol. The van der Waals surface area contributed by atoms with Crippen LogP contribution in [0.15, 0.2) is 60.7 Å². The first-order valence-corrected chi connectivity index (χ1v) is 7.48.